The van der Waals surface area contributed by atoms with E-state index >= 15 is 0 Å². The van der Waals surface area contributed by atoms with Crippen molar-refractivity contribution in [3.05, 3.63) is 58.6 Å². The van der Waals surface area contributed by atoms with Gasteiger partial charge >= 0.3 is 0 Å². The summed E-state index contributed by atoms with van der Waals surface area (Å²) in [5.74, 6) is 0.0824. The zero-order valence-electron chi connectivity index (χ0n) is 13.4. The van der Waals surface area contributed by atoms with Gasteiger partial charge in [-0.15, -0.1) is 0 Å². The Bertz CT molecular complexity index is 807. The van der Waals surface area contributed by atoms with E-state index in [0.29, 0.717) is 28.6 Å². The number of halogens is 1. The zero-order chi connectivity index (χ0) is 17.3. The molecule has 0 spiro atoms. The molecule has 0 saturated heterocycles. The molecule has 124 valence electrons. The number of benzene rings is 2. The third kappa shape index (κ3) is 2.95. The second-order valence-corrected chi connectivity index (χ2v) is 6.04. The Hall–Kier alpha value is -2.53. The Morgan fingerprint density at radius 2 is 2.04 bits per heavy atom. The van der Waals surface area contributed by atoms with Gasteiger partial charge in [0.15, 0.2) is 0 Å². The van der Waals surface area contributed by atoms with Gasteiger partial charge in [0.05, 0.1) is 12.8 Å². The van der Waals surface area contributed by atoms with Gasteiger partial charge in [0, 0.05) is 17.1 Å². The molecule has 5 nitrogen and oxygen atoms in total. The van der Waals surface area contributed by atoms with Gasteiger partial charge in [0.1, 0.15) is 11.8 Å². The fraction of sp³-hybridized carbons (Fsp3) is 0.222. The van der Waals surface area contributed by atoms with Crippen LogP contribution in [0, 0.1) is 0 Å². The average Bonchev–Trinajstić information content (AvgIpc) is 2.91. The number of hydrogen-bond acceptors (Lipinski definition) is 3. The van der Waals surface area contributed by atoms with Gasteiger partial charge in [0.2, 0.25) is 5.91 Å². The minimum Gasteiger partial charge on any atom is -0.495 e. The first kappa shape index (κ1) is 16.3. The number of fused-ring (bicyclic) bond motifs is 1. The third-order valence-electron chi connectivity index (χ3n) is 4.12. The van der Waals surface area contributed by atoms with Crippen LogP contribution in [0.2, 0.25) is 5.02 Å². The number of rotatable bonds is 4. The summed E-state index contributed by atoms with van der Waals surface area (Å²) in [6.07, 6.45) is 0. The van der Waals surface area contributed by atoms with Crippen LogP contribution < -0.4 is 10.1 Å². The van der Waals surface area contributed by atoms with Crippen LogP contribution in [-0.4, -0.2) is 29.9 Å². The maximum absolute atomic E-state index is 12.6. The average molecular weight is 345 g/mol. The molecule has 1 aliphatic rings. The van der Waals surface area contributed by atoms with Crippen LogP contribution in [-0.2, 0) is 11.3 Å². The first-order valence-electron chi connectivity index (χ1n) is 7.54. The number of anilines is 1. The first-order chi connectivity index (χ1) is 11.5. The van der Waals surface area contributed by atoms with Crippen LogP contribution in [0.5, 0.6) is 5.75 Å². The Morgan fingerprint density at radius 1 is 1.29 bits per heavy atom. The minimum atomic E-state index is -0.617. The highest BCUT2D eigenvalue weighted by atomic mass is 35.5. The summed E-state index contributed by atoms with van der Waals surface area (Å²) in [5, 5.41) is 3.27. The summed E-state index contributed by atoms with van der Waals surface area (Å²) in [5.41, 5.74) is 2.06. The molecule has 2 aromatic carbocycles. The largest absolute Gasteiger partial charge is 0.495 e. The lowest BCUT2D eigenvalue weighted by atomic mass is 10.1. The van der Waals surface area contributed by atoms with E-state index in [1.165, 1.54) is 7.11 Å². The summed E-state index contributed by atoms with van der Waals surface area (Å²) >= 11 is 5.98. The lowest BCUT2D eigenvalue weighted by Gasteiger charge is -2.23. The Morgan fingerprint density at radius 3 is 2.75 bits per heavy atom. The van der Waals surface area contributed by atoms with Crippen molar-refractivity contribution in [1.82, 2.24) is 4.90 Å². The van der Waals surface area contributed by atoms with E-state index in [1.807, 2.05) is 18.2 Å². The summed E-state index contributed by atoms with van der Waals surface area (Å²) in [4.78, 5) is 26.6. The number of amides is 2. The number of nitrogens with zero attached hydrogens (tertiary/aromatic N) is 1. The minimum absolute atomic E-state index is 0.133. The highest BCUT2D eigenvalue weighted by Gasteiger charge is 2.33. The Balaban J connectivity index is 1.77. The molecule has 0 saturated carbocycles. The maximum Gasteiger partial charge on any atom is 0.255 e. The number of ether oxygens (including phenoxy) is 1. The third-order valence-corrected chi connectivity index (χ3v) is 4.35. The fourth-order valence-corrected chi connectivity index (χ4v) is 2.92. The standard InChI is InChI=1S/C18H17ClN2O3/c1-11(21-10-12-5-3-4-6-14(12)18(21)23)17(22)20-15-9-13(19)7-8-16(15)24-2/h3-9,11H,10H2,1-2H3,(H,20,22)/t11-/m1/s1. The molecule has 2 amide bonds. The summed E-state index contributed by atoms with van der Waals surface area (Å²) in [6, 6.07) is 11.7. The fourth-order valence-electron chi connectivity index (χ4n) is 2.75. The molecule has 6 heteroatoms. The monoisotopic (exact) mass is 344 g/mol. The highest BCUT2D eigenvalue weighted by molar-refractivity contribution is 6.31. The highest BCUT2D eigenvalue weighted by Crippen LogP contribution is 2.29. The second-order valence-electron chi connectivity index (χ2n) is 5.60. The molecular formula is C18H17ClN2O3. The molecule has 1 aliphatic heterocycles. The number of hydrogen-bond donors (Lipinski definition) is 1. The molecule has 1 N–H and O–H groups in total. The predicted molar refractivity (Wildman–Crippen MR) is 92.4 cm³/mol. The molecule has 0 unspecified atom stereocenters. The van der Waals surface area contributed by atoms with Crippen molar-refractivity contribution >= 4 is 29.1 Å². The second kappa shape index (κ2) is 6.53. The van der Waals surface area contributed by atoms with Crippen LogP contribution in [0.4, 0.5) is 5.69 Å². The van der Waals surface area contributed by atoms with Gasteiger partial charge < -0.3 is 15.0 Å². The molecular weight excluding hydrogens is 328 g/mol. The number of nitrogens with one attached hydrogen (secondary N) is 1. The quantitative estimate of drug-likeness (QED) is 0.925. The van der Waals surface area contributed by atoms with Gasteiger partial charge in [0.25, 0.3) is 5.91 Å². The van der Waals surface area contributed by atoms with Gasteiger partial charge in [-0.1, -0.05) is 29.8 Å². The first-order valence-corrected chi connectivity index (χ1v) is 7.92. The lowest BCUT2D eigenvalue weighted by Crippen LogP contribution is -2.42. The van der Waals surface area contributed by atoms with Crippen LogP contribution >= 0.6 is 11.6 Å². The van der Waals surface area contributed by atoms with E-state index in [1.54, 1.807) is 36.1 Å². The summed E-state index contributed by atoms with van der Waals surface area (Å²) in [7, 11) is 1.52. The molecule has 0 fully saturated rings. The van der Waals surface area contributed by atoms with E-state index < -0.39 is 6.04 Å². The number of carbonyl (C=O) groups is 2. The molecule has 0 radical (unpaired) electrons. The van der Waals surface area contributed by atoms with Crippen molar-refractivity contribution in [2.24, 2.45) is 0 Å². The van der Waals surface area contributed by atoms with Crippen LogP contribution in [0.3, 0.4) is 0 Å². The molecule has 0 aliphatic carbocycles. The van der Waals surface area contributed by atoms with E-state index in [2.05, 4.69) is 5.32 Å². The van der Waals surface area contributed by atoms with Crippen molar-refractivity contribution in [1.29, 1.82) is 0 Å². The maximum atomic E-state index is 12.6. The van der Waals surface area contributed by atoms with Crippen molar-refractivity contribution in [3.63, 3.8) is 0 Å². The topological polar surface area (TPSA) is 58.6 Å². The van der Waals surface area contributed by atoms with E-state index in [4.69, 9.17) is 16.3 Å². The van der Waals surface area contributed by atoms with Crippen molar-refractivity contribution < 1.29 is 14.3 Å². The number of methoxy groups -OCH3 is 1. The molecule has 0 aromatic heterocycles. The van der Waals surface area contributed by atoms with Crippen molar-refractivity contribution in [3.8, 4) is 5.75 Å². The lowest BCUT2D eigenvalue weighted by molar-refractivity contribution is -0.120. The predicted octanol–water partition coefficient (Wildman–Crippen LogP) is 3.33. The number of carbonyl (C=O) groups excluding carboxylic acids is 2. The van der Waals surface area contributed by atoms with Gasteiger partial charge in [-0.2, -0.15) is 0 Å². The van der Waals surface area contributed by atoms with Gasteiger partial charge in [-0.3, -0.25) is 9.59 Å². The van der Waals surface area contributed by atoms with Crippen molar-refractivity contribution in [2.75, 3.05) is 12.4 Å². The van der Waals surface area contributed by atoms with E-state index in [9.17, 15) is 9.59 Å². The summed E-state index contributed by atoms with van der Waals surface area (Å²) < 4.78 is 5.22. The molecule has 1 atom stereocenters. The van der Waals surface area contributed by atoms with Gasteiger partial charge in [-0.25, -0.2) is 0 Å². The SMILES string of the molecule is COc1ccc(Cl)cc1NC(=O)[C@@H](C)N1Cc2ccccc2C1=O. The summed E-state index contributed by atoms with van der Waals surface area (Å²) in [6.45, 7) is 2.13. The Labute approximate surface area is 145 Å². The van der Waals surface area contributed by atoms with E-state index in [0.717, 1.165) is 5.56 Å². The van der Waals surface area contributed by atoms with E-state index in [-0.39, 0.29) is 11.8 Å². The smallest absolute Gasteiger partial charge is 0.255 e. The van der Waals surface area contributed by atoms with Crippen LogP contribution in [0.1, 0.15) is 22.8 Å². The Kier molecular flexibility index (Phi) is 4.44. The van der Waals surface area contributed by atoms with Gasteiger partial charge in [-0.05, 0) is 36.8 Å². The van der Waals surface area contributed by atoms with Crippen LogP contribution in [0.15, 0.2) is 42.5 Å². The molecule has 3 rings (SSSR count). The molecule has 1 heterocycles. The van der Waals surface area contributed by atoms with Crippen LogP contribution in [0.25, 0.3) is 0 Å². The molecule has 2 aromatic rings. The molecule has 24 heavy (non-hydrogen) atoms. The normalized spacial score (nSPS) is 14.3. The molecule has 0 bridgehead atoms. The van der Waals surface area contributed by atoms with Crippen molar-refractivity contribution in [2.45, 2.75) is 19.5 Å². The zero-order valence-corrected chi connectivity index (χ0v) is 14.1.